The molecular formula is C21H20N2O5. The average Bonchev–Trinajstić information content (AvgIpc) is 2.68. The summed E-state index contributed by atoms with van der Waals surface area (Å²) in [5.74, 6) is -0.0841. The normalized spacial score (nSPS) is 10.5. The summed E-state index contributed by atoms with van der Waals surface area (Å²) in [6, 6.07) is 11.5. The number of rotatable bonds is 5. The molecule has 2 aromatic carbocycles. The maximum Gasteiger partial charge on any atom is 0.336 e. The molecule has 3 aromatic rings. The molecule has 2 amide bonds. The highest BCUT2D eigenvalue weighted by atomic mass is 16.5. The lowest BCUT2D eigenvalue weighted by Crippen LogP contribution is -2.21. The van der Waals surface area contributed by atoms with Crippen LogP contribution >= 0.6 is 0 Å². The molecule has 0 saturated heterocycles. The number of ether oxygens (including phenoxy) is 1. The summed E-state index contributed by atoms with van der Waals surface area (Å²) >= 11 is 0. The van der Waals surface area contributed by atoms with Gasteiger partial charge in [-0.3, -0.25) is 9.59 Å². The number of aryl methyl sites for hydroxylation is 2. The molecule has 0 atom stereocenters. The molecule has 0 unspecified atom stereocenters. The molecule has 3 rings (SSSR count). The zero-order valence-electron chi connectivity index (χ0n) is 15.8. The Morgan fingerprint density at radius 2 is 1.79 bits per heavy atom. The second kappa shape index (κ2) is 7.96. The topological polar surface area (TPSA) is 97.6 Å². The molecule has 0 bridgehead atoms. The Bertz CT molecular complexity index is 1100. The number of anilines is 1. The van der Waals surface area contributed by atoms with E-state index in [-0.39, 0.29) is 18.4 Å². The van der Waals surface area contributed by atoms with Crippen LogP contribution in [0.3, 0.4) is 0 Å². The summed E-state index contributed by atoms with van der Waals surface area (Å²) in [4.78, 5) is 35.3. The number of fused-ring (bicyclic) bond motifs is 1. The molecule has 0 aliphatic carbocycles. The van der Waals surface area contributed by atoms with E-state index in [0.29, 0.717) is 28.1 Å². The highest BCUT2D eigenvalue weighted by molar-refractivity contribution is 5.96. The number of hydrogen-bond donors (Lipinski definition) is 2. The molecule has 144 valence electrons. The van der Waals surface area contributed by atoms with E-state index in [9.17, 15) is 14.4 Å². The van der Waals surface area contributed by atoms with Gasteiger partial charge in [-0.05, 0) is 55.8 Å². The van der Waals surface area contributed by atoms with Gasteiger partial charge in [0.25, 0.3) is 11.8 Å². The predicted molar refractivity (Wildman–Crippen MR) is 106 cm³/mol. The first-order chi connectivity index (χ1) is 13.4. The Hall–Kier alpha value is -3.61. The third-order valence-electron chi connectivity index (χ3n) is 4.33. The number of hydrogen-bond acceptors (Lipinski definition) is 5. The molecule has 7 heteroatoms. The van der Waals surface area contributed by atoms with E-state index < -0.39 is 5.63 Å². The van der Waals surface area contributed by atoms with Gasteiger partial charge in [-0.25, -0.2) is 4.79 Å². The van der Waals surface area contributed by atoms with Crippen molar-refractivity contribution in [2.24, 2.45) is 0 Å². The number of carbonyl (C=O) groups excluding carboxylic acids is 2. The fourth-order valence-electron chi connectivity index (χ4n) is 2.85. The van der Waals surface area contributed by atoms with Gasteiger partial charge in [0.15, 0.2) is 6.61 Å². The van der Waals surface area contributed by atoms with Gasteiger partial charge in [0.2, 0.25) is 0 Å². The van der Waals surface area contributed by atoms with Crippen LogP contribution in [0, 0.1) is 13.8 Å². The lowest BCUT2D eigenvalue weighted by atomic mass is 10.1. The minimum atomic E-state index is -0.428. The highest BCUT2D eigenvalue weighted by Crippen LogP contribution is 2.28. The summed E-state index contributed by atoms with van der Waals surface area (Å²) in [7, 11) is 1.55. The van der Waals surface area contributed by atoms with Gasteiger partial charge in [-0.1, -0.05) is 0 Å². The van der Waals surface area contributed by atoms with E-state index in [0.717, 1.165) is 10.9 Å². The second-order valence-corrected chi connectivity index (χ2v) is 6.31. The minimum Gasteiger partial charge on any atom is -0.483 e. The zero-order valence-corrected chi connectivity index (χ0v) is 15.8. The van der Waals surface area contributed by atoms with Crippen LogP contribution in [0.15, 0.2) is 51.7 Å². The predicted octanol–water partition coefficient (Wildman–Crippen LogP) is 2.79. The van der Waals surface area contributed by atoms with Gasteiger partial charge in [0.1, 0.15) is 11.3 Å². The Kier molecular flexibility index (Phi) is 5.44. The van der Waals surface area contributed by atoms with Gasteiger partial charge in [-0.15, -0.1) is 0 Å². The smallest absolute Gasteiger partial charge is 0.336 e. The van der Waals surface area contributed by atoms with Crippen molar-refractivity contribution in [3.63, 3.8) is 0 Å². The van der Waals surface area contributed by atoms with Gasteiger partial charge in [0.05, 0.1) is 0 Å². The molecule has 28 heavy (non-hydrogen) atoms. The number of benzene rings is 2. The van der Waals surface area contributed by atoms with Gasteiger partial charge in [0, 0.05) is 35.3 Å². The summed E-state index contributed by atoms with van der Waals surface area (Å²) < 4.78 is 10.9. The third kappa shape index (κ3) is 4.03. The van der Waals surface area contributed by atoms with Gasteiger partial charge < -0.3 is 19.8 Å². The molecule has 7 nitrogen and oxygen atoms in total. The quantitative estimate of drug-likeness (QED) is 0.664. The standard InChI is InChI=1S/C21H20N2O5/c1-12-10-19(25)28-20-13(2)17(9-8-16(12)20)27-11-18(24)23-15-6-4-14(5-7-15)21(26)22-3/h4-10H,11H2,1-3H3,(H,22,26)(H,23,24). The van der Waals surface area contributed by atoms with Crippen molar-refractivity contribution in [3.8, 4) is 5.75 Å². The van der Waals surface area contributed by atoms with Crippen LogP contribution in [0.2, 0.25) is 0 Å². The molecule has 1 aromatic heterocycles. The maximum absolute atomic E-state index is 12.2. The van der Waals surface area contributed by atoms with Crippen LogP contribution in [-0.4, -0.2) is 25.5 Å². The molecule has 0 fully saturated rings. The minimum absolute atomic E-state index is 0.199. The zero-order chi connectivity index (χ0) is 20.3. The maximum atomic E-state index is 12.2. The molecule has 2 N–H and O–H groups in total. The van der Waals surface area contributed by atoms with Crippen molar-refractivity contribution < 1.29 is 18.7 Å². The fraction of sp³-hybridized carbons (Fsp3) is 0.190. The van der Waals surface area contributed by atoms with E-state index in [4.69, 9.17) is 9.15 Å². The van der Waals surface area contributed by atoms with Crippen molar-refractivity contribution in [1.82, 2.24) is 5.32 Å². The first kappa shape index (κ1) is 19.2. The van der Waals surface area contributed by atoms with Crippen LogP contribution in [-0.2, 0) is 4.79 Å². The van der Waals surface area contributed by atoms with E-state index in [1.54, 1.807) is 50.4 Å². The van der Waals surface area contributed by atoms with Crippen molar-refractivity contribution in [2.45, 2.75) is 13.8 Å². The number of nitrogens with one attached hydrogen (secondary N) is 2. The SMILES string of the molecule is CNC(=O)c1ccc(NC(=O)COc2ccc3c(C)cc(=O)oc3c2C)cc1. The third-order valence-corrected chi connectivity index (χ3v) is 4.33. The van der Waals surface area contributed by atoms with Crippen molar-refractivity contribution >= 4 is 28.5 Å². The monoisotopic (exact) mass is 380 g/mol. The number of carbonyl (C=O) groups is 2. The molecule has 1 heterocycles. The Morgan fingerprint density at radius 1 is 1.07 bits per heavy atom. The van der Waals surface area contributed by atoms with Gasteiger partial charge in [-0.2, -0.15) is 0 Å². The Balaban J connectivity index is 1.68. The van der Waals surface area contributed by atoms with Crippen LogP contribution in [0.5, 0.6) is 5.75 Å². The summed E-state index contributed by atoms with van der Waals surface area (Å²) in [5, 5.41) is 6.06. The molecule has 0 saturated carbocycles. The van der Waals surface area contributed by atoms with Crippen LogP contribution < -0.4 is 21.0 Å². The summed E-state index contributed by atoms with van der Waals surface area (Å²) in [6.07, 6.45) is 0. The van der Waals surface area contributed by atoms with Crippen LogP contribution in [0.4, 0.5) is 5.69 Å². The molecule has 0 aliphatic rings. The second-order valence-electron chi connectivity index (χ2n) is 6.31. The Labute approximate surface area is 161 Å². The number of amides is 2. The van der Waals surface area contributed by atoms with E-state index in [2.05, 4.69) is 10.6 Å². The van der Waals surface area contributed by atoms with E-state index in [1.807, 2.05) is 6.92 Å². The van der Waals surface area contributed by atoms with E-state index >= 15 is 0 Å². The van der Waals surface area contributed by atoms with Crippen LogP contribution in [0.25, 0.3) is 11.0 Å². The highest BCUT2D eigenvalue weighted by Gasteiger charge is 2.12. The lowest BCUT2D eigenvalue weighted by molar-refractivity contribution is -0.118. The fourth-order valence-corrected chi connectivity index (χ4v) is 2.85. The largest absolute Gasteiger partial charge is 0.483 e. The van der Waals surface area contributed by atoms with Crippen molar-refractivity contribution in [1.29, 1.82) is 0 Å². The van der Waals surface area contributed by atoms with Crippen molar-refractivity contribution in [2.75, 3.05) is 19.0 Å². The van der Waals surface area contributed by atoms with E-state index in [1.165, 1.54) is 6.07 Å². The summed E-state index contributed by atoms with van der Waals surface area (Å²) in [5.41, 5.74) is 2.55. The first-order valence-corrected chi connectivity index (χ1v) is 8.68. The first-order valence-electron chi connectivity index (χ1n) is 8.68. The molecule has 0 aliphatic heterocycles. The molecule has 0 spiro atoms. The summed E-state index contributed by atoms with van der Waals surface area (Å²) in [6.45, 7) is 3.40. The molecular weight excluding hydrogens is 360 g/mol. The van der Waals surface area contributed by atoms with Crippen molar-refractivity contribution in [3.05, 3.63) is 69.6 Å². The Morgan fingerprint density at radius 3 is 2.46 bits per heavy atom. The van der Waals surface area contributed by atoms with Crippen LogP contribution in [0.1, 0.15) is 21.5 Å². The van der Waals surface area contributed by atoms with Gasteiger partial charge >= 0.3 is 5.63 Å². The average molecular weight is 380 g/mol. The lowest BCUT2D eigenvalue weighted by Gasteiger charge is -2.12. The molecule has 0 radical (unpaired) electrons.